The lowest BCUT2D eigenvalue weighted by atomic mass is 10.5. The molecule has 0 aliphatic heterocycles. The minimum Gasteiger partial charge on any atom is -0.370 e. The Hall–Kier alpha value is -0.810. The molecule has 5 nitrogen and oxygen atoms in total. The minimum absolute atomic E-state index is 0.0324. The fraction of sp³-hybridized carbons (Fsp3) is 0.750. The van der Waals surface area contributed by atoms with Gasteiger partial charge in [0, 0.05) is 7.05 Å². The first kappa shape index (κ1) is 8.19. The molecule has 0 saturated heterocycles. The molecule has 0 bridgehead atoms. The summed E-state index contributed by atoms with van der Waals surface area (Å²) in [6, 6.07) is 0. The number of likely N-dealkylation sites (N-methyl/N-ethyl adjacent to an activating group) is 1. The van der Waals surface area contributed by atoms with Crippen LogP contribution in [0.4, 0.5) is 0 Å². The summed E-state index contributed by atoms with van der Waals surface area (Å²) in [6.45, 7) is -0.0324. The number of nitrogens with two attached hydrogens (primary N) is 1. The van der Waals surface area contributed by atoms with Crippen molar-refractivity contribution in [3.63, 3.8) is 0 Å². The van der Waals surface area contributed by atoms with Gasteiger partial charge in [0.15, 0.2) is 12.2 Å². The van der Waals surface area contributed by atoms with Crippen molar-refractivity contribution in [2.24, 2.45) is 5.73 Å². The van der Waals surface area contributed by atoms with Gasteiger partial charge in [-0.25, -0.2) is 0 Å². The molecular formula is C4H11N3O2. The molecule has 0 aliphatic rings. The van der Waals surface area contributed by atoms with Gasteiger partial charge in [-0.3, -0.25) is 5.41 Å². The third-order valence-corrected chi connectivity index (χ3v) is 0.848. The van der Waals surface area contributed by atoms with Gasteiger partial charge in [0.25, 0.3) is 0 Å². The summed E-state index contributed by atoms with van der Waals surface area (Å²) in [5.41, 5.74) is 4.97. The summed E-state index contributed by atoms with van der Waals surface area (Å²) >= 11 is 0. The Balaban J connectivity index is 3.50. The molecule has 0 aromatic carbocycles. The van der Waals surface area contributed by atoms with E-state index in [1.165, 1.54) is 11.9 Å². The summed E-state index contributed by atoms with van der Waals surface area (Å²) in [5.74, 6) is -0.178. The van der Waals surface area contributed by atoms with Gasteiger partial charge in [-0.2, -0.15) is 0 Å². The Kier molecular flexibility index (Phi) is 2.97. The van der Waals surface area contributed by atoms with Crippen molar-refractivity contribution in [1.82, 2.24) is 4.90 Å². The molecule has 5 heteroatoms. The van der Waals surface area contributed by atoms with Crippen molar-refractivity contribution in [1.29, 1.82) is 5.41 Å². The number of hydrogen-bond donors (Lipinski definition) is 4. The highest BCUT2D eigenvalue weighted by molar-refractivity contribution is 5.74. The second-order valence-corrected chi connectivity index (χ2v) is 1.75. The minimum atomic E-state index is -1.43. The molecule has 0 fully saturated rings. The van der Waals surface area contributed by atoms with E-state index in [1.807, 2.05) is 0 Å². The monoisotopic (exact) mass is 133 g/mol. The second-order valence-electron chi connectivity index (χ2n) is 1.75. The van der Waals surface area contributed by atoms with Gasteiger partial charge in [0.05, 0.1) is 6.54 Å². The van der Waals surface area contributed by atoms with Crippen molar-refractivity contribution < 1.29 is 10.2 Å². The van der Waals surface area contributed by atoms with Crippen molar-refractivity contribution in [2.75, 3.05) is 13.6 Å². The van der Waals surface area contributed by atoms with Gasteiger partial charge in [0.2, 0.25) is 0 Å². The largest absolute Gasteiger partial charge is 0.370 e. The standard InChI is InChI=1S/C4H11N3O2/c1-7(4(5)6)2-3(8)9/h3,8-9H,2H2,1H3,(H3,5,6). The Morgan fingerprint density at radius 1 is 1.78 bits per heavy atom. The molecule has 0 saturated carbocycles. The van der Waals surface area contributed by atoms with Crippen molar-refractivity contribution in [2.45, 2.75) is 6.29 Å². The summed E-state index contributed by atoms with van der Waals surface area (Å²) in [7, 11) is 1.50. The molecule has 0 rings (SSSR count). The van der Waals surface area contributed by atoms with Gasteiger partial charge >= 0.3 is 0 Å². The number of aliphatic hydroxyl groups is 2. The molecule has 9 heavy (non-hydrogen) atoms. The lowest BCUT2D eigenvalue weighted by Gasteiger charge is -2.16. The van der Waals surface area contributed by atoms with Crippen LogP contribution in [0.2, 0.25) is 0 Å². The van der Waals surface area contributed by atoms with Crippen LogP contribution in [0.3, 0.4) is 0 Å². The highest BCUT2D eigenvalue weighted by Crippen LogP contribution is 1.81. The van der Waals surface area contributed by atoms with Crippen LogP contribution in [-0.4, -0.2) is 41.0 Å². The molecular weight excluding hydrogens is 122 g/mol. The fourth-order valence-corrected chi connectivity index (χ4v) is 0.343. The topological polar surface area (TPSA) is 93.6 Å². The van der Waals surface area contributed by atoms with E-state index in [4.69, 9.17) is 21.4 Å². The predicted octanol–water partition coefficient (Wildman–Crippen LogP) is -1.88. The van der Waals surface area contributed by atoms with Crippen molar-refractivity contribution in [3.8, 4) is 0 Å². The summed E-state index contributed by atoms with van der Waals surface area (Å²) < 4.78 is 0. The first-order valence-electron chi connectivity index (χ1n) is 2.45. The van der Waals surface area contributed by atoms with Crippen LogP contribution < -0.4 is 5.73 Å². The quantitative estimate of drug-likeness (QED) is 0.201. The van der Waals surface area contributed by atoms with Gasteiger partial charge in [-0.1, -0.05) is 0 Å². The number of nitrogens with one attached hydrogen (secondary N) is 1. The predicted molar refractivity (Wildman–Crippen MR) is 32.8 cm³/mol. The number of guanidine groups is 1. The number of aliphatic hydroxyl groups excluding tert-OH is 1. The molecule has 0 unspecified atom stereocenters. The molecule has 0 spiro atoms. The lowest BCUT2D eigenvalue weighted by molar-refractivity contribution is -0.0487. The van der Waals surface area contributed by atoms with Crippen LogP contribution >= 0.6 is 0 Å². The van der Waals surface area contributed by atoms with Crippen molar-refractivity contribution in [3.05, 3.63) is 0 Å². The van der Waals surface area contributed by atoms with Crippen LogP contribution in [0.1, 0.15) is 0 Å². The lowest BCUT2D eigenvalue weighted by Crippen LogP contribution is -2.38. The fourth-order valence-electron chi connectivity index (χ4n) is 0.343. The Morgan fingerprint density at radius 3 is 2.33 bits per heavy atom. The summed E-state index contributed by atoms with van der Waals surface area (Å²) in [6.07, 6.45) is -1.43. The number of rotatable bonds is 2. The van der Waals surface area contributed by atoms with Crippen molar-refractivity contribution >= 4 is 5.96 Å². The summed E-state index contributed by atoms with van der Waals surface area (Å²) in [4.78, 5) is 1.23. The molecule has 0 aromatic rings. The smallest absolute Gasteiger partial charge is 0.188 e. The number of hydrogen-bond acceptors (Lipinski definition) is 3. The third-order valence-electron chi connectivity index (χ3n) is 0.848. The summed E-state index contributed by atoms with van der Waals surface area (Å²) in [5, 5.41) is 23.4. The Labute approximate surface area is 53.2 Å². The van der Waals surface area contributed by atoms with Crippen LogP contribution in [0.25, 0.3) is 0 Å². The Bertz CT molecular complexity index is 104. The van der Waals surface area contributed by atoms with E-state index in [1.54, 1.807) is 0 Å². The van der Waals surface area contributed by atoms with E-state index >= 15 is 0 Å². The maximum Gasteiger partial charge on any atom is 0.188 e. The van der Waals surface area contributed by atoms with Gasteiger partial charge in [0.1, 0.15) is 0 Å². The van der Waals surface area contributed by atoms with Crippen LogP contribution in [0, 0.1) is 5.41 Å². The van der Waals surface area contributed by atoms with Gasteiger partial charge < -0.3 is 20.8 Å². The van der Waals surface area contributed by atoms with E-state index in [-0.39, 0.29) is 12.5 Å². The van der Waals surface area contributed by atoms with E-state index < -0.39 is 6.29 Å². The molecule has 0 radical (unpaired) electrons. The maximum atomic E-state index is 8.33. The highest BCUT2D eigenvalue weighted by Gasteiger charge is 2.03. The molecule has 54 valence electrons. The van der Waals surface area contributed by atoms with E-state index in [0.29, 0.717) is 0 Å². The zero-order valence-corrected chi connectivity index (χ0v) is 5.20. The zero-order valence-electron chi connectivity index (χ0n) is 5.20. The Morgan fingerprint density at radius 2 is 2.22 bits per heavy atom. The first-order chi connectivity index (χ1) is 4.04. The third kappa shape index (κ3) is 3.75. The number of nitrogens with zero attached hydrogens (tertiary/aromatic N) is 1. The molecule has 0 aromatic heterocycles. The van der Waals surface area contributed by atoms with E-state index in [2.05, 4.69) is 0 Å². The van der Waals surface area contributed by atoms with Gasteiger partial charge in [-0.15, -0.1) is 0 Å². The van der Waals surface area contributed by atoms with Crippen LogP contribution in [0.15, 0.2) is 0 Å². The first-order valence-corrected chi connectivity index (χ1v) is 2.45. The molecule has 5 N–H and O–H groups in total. The zero-order chi connectivity index (χ0) is 7.44. The second kappa shape index (κ2) is 3.26. The average molecular weight is 133 g/mol. The normalized spacial score (nSPS) is 9.78. The maximum absolute atomic E-state index is 8.33. The van der Waals surface area contributed by atoms with Crippen LogP contribution in [-0.2, 0) is 0 Å². The van der Waals surface area contributed by atoms with Crippen LogP contribution in [0.5, 0.6) is 0 Å². The SMILES string of the molecule is CN(CC(O)O)C(=N)N. The van der Waals surface area contributed by atoms with Gasteiger partial charge in [-0.05, 0) is 0 Å². The van der Waals surface area contributed by atoms with E-state index in [9.17, 15) is 0 Å². The highest BCUT2D eigenvalue weighted by atomic mass is 16.5. The molecule has 0 aliphatic carbocycles. The molecule has 0 amide bonds. The molecule has 0 atom stereocenters. The molecule has 0 heterocycles. The average Bonchev–Trinajstić information content (AvgIpc) is 1.63. The van der Waals surface area contributed by atoms with E-state index in [0.717, 1.165) is 0 Å².